The SMILES string of the molecule is COc1ccc(N2CCN(Cc3cc(OC)c4oc(-c5ccccn5)cc4c3)CC2)cc1OC. The number of aromatic nitrogens is 1. The zero-order valence-electron chi connectivity index (χ0n) is 19.8. The highest BCUT2D eigenvalue weighted by molar-refractivity contribution is 5.87. The lowest BCUT2D eigenvalue weighted by Gasteiger charge is -2.36. The standard InChI is InChI=1S/C27H29N3O4/c1-31-23-8-7-21(17-25(23)32-2)30-12-10-29(11-13-30)18-19-14-20-16-24(22-6-4-5-9-28-22)34-27(20)26(15-19)33-3/h4-9,14-17H,10-13,18H2,1-3H3. The molecule has 7 heteroatoms. The van der Waals surface area contributed by atoms with Crippen LogP contribution in [0.3, 0.4) is 0 Å². The van der Waals surface area contributed by atoms with Crippen LogP contribution in [-0.4, -0.2) is 57.4 Å². The molecule has 0 unspecified atom stereocenters. The van der Waals surface area contributed by atoms with E-state index >= 15 is 0 Å². The van der Waals surface area contributed by atoms with E-state index in [0.29, 0.717) is 0 Å². The largest absolute Gasteiger partial charge is 0.493 e. The summed E-state index contributed by atoms with van der Waals surface area (Å²) in [6, 6.07) is 18.2. The van der Waals surface area contributed by atoms with Gasteiger partial charge in [0.05, 0.1) is 21.3 Å². The van der Waals surface area contributed by atoms with Gasteiger partial charge in [-0.1, -0.05) is 6.07 Å². The maximum absolute atomic E-state index is 6.09. The van der Waals surface area contributed by atoms with Gasteiger partial charge in [-0.2, -0.15) is 0 Å². The molecular formula is C27H29N3O4. The highest BCUT2D eigenvalue weighted by Crippen LogP contribution is 2.35. The molecule has 4 aromatic rings. The van der Waals surface area contributed by atoms with Gasteiger partial charge in [0.25, 0.3) is 0 Å². The number of rotatable bonds is 7. The van der Waals surface area contributed by atoms with Gasteiger partial charge in [0.15, 0.2) is 28.6 Å². The molecule has 0 aliphatic carbocycles. The average Bonchev–Trinajstić information content (AvgIpc) is 3.33. The van der Waals surface area contributed by atoms with Crippen molar-refractivity contribution in [1.29, 1.82) is 0 Å². The summed E-state index contributed by atoms with van der Waals surface area (Å²) in [5.41, 5.74) is 3.93. The Bertz CT molecular complexity index is 1260. The first kappa shape index (κ1) is 22.1. The van der Waals surface area contributed by atoms with Crippen LogP contribution in [0.2, 0.25) is 0 Å². The van der Waals surface area contributed by atoms with Gasteiger partial charge in [0.2, 0.25) is 0 Å². The summed E-state index contributed by atoms with van der Waals surface area (Å²) in [5, 5.41) is 1.03. The molecule has 176 valence electrons. The first-order valence-corrected chi connectivity index (χ1v) is 11.4. The van der Waals surface area contributed by atoms with Crippen LogP contribution in [0.1, 0.15) is 5.56 Å². The molecule has 1 fully saturated rings. The van der Waals surface area contributed by atoms with Gasteiger partial charge in [0.1, 0.15) is 5.69 Å². The predicted octanol–water partition coefficient (Wildman–Crippen LogP) is 4.84. The van der Waals surface area contributed by atoms with Crippen LogP contribution in [0.15, 0.2) is 65.2 Å². The topological polar surface area (TPSA) is 60.2 Å². The summed E-state index contributed by atoms with van der Waals surface area (Å²) in [6.07, 6.45) is 1.77. The molecule has 34 heavy (non-hydrogen) atoms. The van der Waals surface area contributed by atoms with E-state index < -0.39 is 0 Å². The number of benzene rings is 2. The van der Waals surface area contributed by atoms with Crippen LogP contribution in [0.5, 0.6) is 17.2 Å². The summed E-state index contributed by atoms with van der Waals surface area (Å²) >= 11 is 0. The van der Waals surface area contributed by atoms with Gasteiger partial charge in [0, 0.05) is 56.1 Å². The van der Waals surface area contributed by atoms with Gasteiger partial charge >= 0.3 is 0 Å². The van der Waals surface area contributed by atoms with Crippen LogP contribution in [0.25, 0.3) is 22.4 Å². The number of nitrogens with zero attached hydrogens (tertiary/aromatic N) is 3. The van der Waals surface area contributed by atoms with E-state index in [1.54, 1.807) is 27.5 Å². The number of methoxy groups -OCH3 is 3. The lowest BCUT2D eigenvalue weighted by atomic mass is 10.1. The molecule has 0 saturated carbocycles. The second-order valence-electron chi connectivity index (χ2n) is 8.34. The molecule has 0 radical (unpaired) electrons. The van der Waals surface area contributed by atoms with Crippen molar-refractivity contribution in [3.8, 4) is 28.7 Å². The Morgan fingerprint density at radius 2 is 1.62 bits per heavy atom. The Morgan fingerprint density at radius 1 is 0.824 bits per heavy atom. The average molecular weight is 460 g/mol. The first-order chi connectivity index (χ1) is 16.7. The second-order valence-corrected chi connectivity index (χ2v) is 8.34. The minimum atomic E-state index is 0.745. The van der Waals surface area contributed by atoms with E-state index in [2.05, 4.69) is 33.0 Å². The molecule has 0 spiro atoms. The van der Waals surface area contributed by atoms with E-state index in [1.165, 1.54) is 5.56 Å². The van der Waals surface area contributed by atoms with Gasteiger partial charge in [-0.05, 0) is 48.0 Å². The van der Waals surface area contributed by atoms with Gasteiger partial charge < -0.3 is 23.5 Å². The van der Waals surface area contributed by atoms with Crippen molar-refractivity contribution in [2.45, 2.75) is 6.54 Å². The number of pyridine rings is 1. The van der Waals surface area contributed by atoms with Crippen LogP contribution in [0, 0.1) is 0 Å². The molecule has 5 rings (SSSR count). The molecule has 2 aromatic carbocycles. The highest BCUT2D eigenvalue weighted by Gasteiger charge is 2.20. The van der Waals surface area contributed by atoms with E-state index in [1.807, 2.05) is 36.4 Å². The summed E-state index contributed by atoms with van der Waals surface area (Å²) in [4.78, 5) is 9.26. The Balaban J connectivity index is 1.29. The van der Waals surface area contributed by atoms with Gasteiger partial charge in [-0.15, -0.1) is 0 Å². The summed E-state index contributed by atoms with van der Waals surface area (Å²) in [7, 11) is 5.01. The smallest absolute Gasteiger partial charge is 0.176 e. The molecule has 0 bridgehead atoms. The maximum atomic E-state index is 6.09. The second kappa shape index (κ2) is 9.65. The maximum Gasteiger partial charge on any atom is 0.176 e. The van der Waals surface area contributed by atoms with Crippen molar-refractivity contribution in [2.24, 2.45) is 0 Å². The van der Waals surface area contributed by atoms with Crippen molar-refractivity contribution in [1.82, 2.24) is 9.88 Å². The van der Waals surface area contributed by atoms with Crippen LogP contribution >= 0.6 is 0 Å². The number of hydrogen-bond acceptors (Lipinski definition) is 7. The fourth-order valence-corrected chi connectivity index (χ4v) is 4.50. The zero-order chi connectivity index (χ0) is 23.5. The van der Waals surface area contributed by atoms with Crippen molar-refractivity contribution < 1.29 is 18.6 Å². The van der Waals surface area contributed by atoms with E-state index in [4.69, 9.17) is 18.6 Å². The summed E-state index contributed by atoms with van der Waals surface area (Å²) in [5.74, 6) is 3.00. The molecule has 1 aliphatic rings. The highest BCUT2D eigenvalue weighted by atomic mass is 16.5. The van der Waals surface area contributed by atoms with Crippen molar-refractivity contribution in [3.05, 3.63) is 66.4 Å². The third-order valence-corrected chi connectivity index (χ3v) is 6.29. The first-order valence-electron chi connectivity index (χ1n) is 11.4. The molecule has 3 heterocycles. The lowest BCUT2D eigenvalue weighted by Crippen LogP contribution is -2.45. The number of hydrogen-bond donors (Lipinski definition) is 0. The van der Waals surface area contributed by atoms with Crippen LogP contribution in [0.4, 0.5) is 5.69 Å². The molecule has 0 amide bonds. The Hall–Kier alpha value is -3.71. The normalized spacial score (nSPS) is 14.4. The molecule has 2 aromatic heterocycles. The van der Waals surface area contributed by atoms with Crippen molar-refractivity contribution in [3.63, 3.8) is 0 Å². The van der Waals surface area contributed by atoms with E-state index in [-0.39, 0.29) is 0 Å². The molecule has 1 aliphatic heterocycles. The Morgan fingerprint density at radius 3 is 2.32 bits per heavy atom. The summed E-state index contributed by atoms with van der Waals surface area (Å²) < 4.78 is 22.6. The van der Waals surface area contributed by atoms with Gasteiger partial charge in [-0.25, -0.2) is 0 Å². The Kier molecular flexibility index (Phi) is 6.27. The number of piperazine rings is 1. The quantitative estimate of drug-likeness (QED) is 0.392. The fourth-order valence-electron chi connectivity index (χ4n) is 4.50. The minimum absolute atomic E-state index is 0.745. The number of ether oxygens (including phenoxy) is 3. The number of furan rings is 1. The Labute approximate surface area is 199 Å². The fraction of sp³-hybridized carbons (Fsp3) is 0.296. The third kappa shape index (κ3) is 4.39. The van der Waals surface area contributed by atoms with Crippen molar-refractivity contribution in [2.75, 3.05) is 52.4 Å². The van der Waals surface area contributed by atoms with Crippen LogP contribution < -0.4 is 19.1 Å². The lowest BCUT2D eigenvalue weighted by molar-refractivity contribution is 0.249. The molecule has 0 atom stereocenters. The molecular weight excluding hydrogens is 430 g/mol. The number of anilines is 1. The molecule has 0 N–H and O–H groups in total. The van der Waals surface area contributed by atoms with Gasteiger partial charge in [-0.3, -0.25) is 9.88 Å². The van der Waals surface area contributed by atoms with E-state index in [0.717, 1.165) is 78.1 Å². The van der Waals surface area contributed by atoms with Crippen LogP contribution in [-0.2, 0) is 6.54 Å². The third-order valence-electron chi connectivity index (χ3n) is 6.29. The van der Waals surface area contributed by atoms with E-state index in [9.17, 15) is 0 Å². The monoisotopic (exact) mass is 459 g/mol. The number of fused-ring (bicyclic) bond motifs is 1. The molecule has 1 saturated heterocycles. The predicted molar refractivity (Wildman–Crippen MR) is 133 cm³/mol. The molecule has 7 nitrogen and oxygen atoms in total. The zero-order valence-corrected chi connectivity index (χ0v) is 19.8. The minimum Gasteiger partial charge on any atom is -0.493 e. The summed E-state index contributed by atoms with van der Waals surface area (Å²) in [6.45, 7) is 4.70. The van der Waals surface area contributed by atoms with Crippen molar-refractivity contribution >= 4 is 16.7 Å².